The lowest BCUT2D eigenvalue weighted by Gasteiger charge is -2.31. The molecule has 6 aromatic carbocycles. The summed E-state index contributed by atoms with van der Waals surface area (Å²) in [7, 11) is 0. The molecule has 0 aliphatic heterocycles. The van der Waals surface area contributed by atoms with Gasteiger partial charge < -0.3 is 4.90 Å². The van der Waals surface area contributed by atoms with Crippen molar-refractivity contribution in [1.82, 2.24) is 0 Å². The van der Waals surface area contributed by atoms with Gasteiger partial charge in [-0.05, 0) is 104 Å². The summed E-state index contributed by atoms with van der Waals surface area (Å²) in [6.45, 7) is 0. The third-order valence-corrected chi connectivity index (χ3v) is 9.39. The lowest BCUT2D eigenvalue weighted by molar-refractivity contribution is 0.738. The highest BCUT2D eigenvalue weighted by atomic mass is 15.1. The lowest BCUT2D eigenvalue weighted by atomic mass is 9.73. The molecule has 0 fully saturated rings. The van der Waals surface area contributed by atoms with Crippen LogP contribution < -0.4 is 4.90 Å². The third kappa shape index (κ3) is 3.52. The van der Waals surface area contributed by atoms with Crippen LogP contribution in [0, 0.1) is 11.3 Å². The molecule has 0 radical (unpaired) electrons. The minimum atomic E-state index is 0.300. The van der Waals surface area contributed by atoms with E-state index >= 15 is 0 Å². The summed E-state index contributed by atoms with van der Waals surface area (Å²) in [6.07, 6.45) is 9.18. The van der Waals surface area contributed by atoms with E-state index in [1.165, 1.54) is 55.3 Å². The minimum absolute atomic E-state index is 0.300. The van der Waals surface area contributed by atoms with E-state index in [0.29, 0.717) is 17.4 Å². The second-order valence-electron chi connectivity index (χ2n) is 11.6. The van der Waals surface area contributed by atoms with Gasteiger partial charge in [-0.25, -0.2) is 0 Å². The summed E-state index contributed by atoms with van der Waals surface area (Å²) in [4.78, 5) is 2.31. The Balaban J connectivity index is 1.32. The molecule has 0 saturated carbocycles. The predicted octanol–water partition coefficient (Wildman–Crippen LogP) is 10.8. The van der Waals surface area contributed by atoms with E-state index in [1.807, 2.05) is 24.3 Å². The Labute approximate surface area is 251 Å². The molecular formula is C41H26N2. The molecule has 2 unspecified atom stereocenters. The molecule has 0 amide bonds. The topological polar surface area (TPSA) is 27.0 Å². The molecule has 2 atom stereocenters. The number of nitriles is 1. The van der Waals surface area contributed by atoms with E-state index < -0.39 is 0 Å². The number of fused-ring (bicyclic) bond motifs is 5. The predicted molar refractivity (Wildman–Crippen MR) is 177 cm³/mol. The summed E-state index contributed by atoms with van der Waals surface area (Å²) in [6, 6.07) is 45.9. The quantitative estimate of drug-likeness (QED) is 0.220. The van der Waals surface area contributed by atoms with Gasteiger partial charge in [0.1, 0.15) is 0 Å². The van der Waals surface area contributed by atoms with Crippen molar-refractivity contribution >= 4 is 27.8 Å². The molecule has 2 nitrogen and oxygen atoms in total. The fraction of sp³-hybridized carbons (Fsp3) is 0.0488. The van der Waals surface area contributed by atoms with Gasteiger partial charge in [-0.1, -0.05) is 97.1 Å². The Morgan fingerprint density at radius 3 is 2.02 bits per heavy atom. The normalized spacial score (nSPS) is 16.6. The van der Waals surface area contributed by atoms with Crippen LogP contribution in [0.15, 0.2) is 146 Å². The Hall–Kier alpha value is -5.65. The molecule has 0 heterocycles. The SMILES string of the molecule is N#Cc1ccc(N(c2ccc3c(c2)-c2c4cccc2C2C=CC=CC2c2c-3cccc2-4)c2ccc3ccccc3c2)cc1. The molecule has 0 spiro atoms. The fourth-order valence-corrected chi connectivity index (χ4v) is 7.51. The first-order valence-electron chi connectivity index (χ1n) is 14.8. The zero-order valence-electron chi connectivity index (χ0n) is 23.4. The second kappa shape index (κ2) is 9.18. The first-order chi connectivity index (χ1) is 21.3. The van der Waals surface area contributed by atoms with Gasteiger partial charge in [0.15, 0.2) is 0 Å². The molecule has 3 aliphatic rings. The van der Waals surface area contributed by atoms with E-state index in [-0.39, 0.29) is 0 Å². The van der Waals surface area contributed by atoms with Crippen molar-refractivity contribution in [2.45, 2.75) is 11.8 Å². The molecule has 0 N–H and O–H groups in total. The van der Waals surface area contributed by atoms with Gasteiger partial charge >= 0.3 is 0 Å². The number of allylic oxidation sites excluding steroid dienone is 4. The van der Waals surface area contributed by atoms with E-state index in [9.17, 15) is 5.26 Å². The molecular weight excluding hydrogens is 520 g/mol. The highest BCUT2D eigenvalue weighted by Gasteiger charge is 2.37. The summed E-state index contributed by atoms with van der Waals surface area (Å²) < 4.78 is 0. The van der Waals surface area contributed by atoms with Crippen molar-refractivity contribution in [3.63, 3.8) is 0 Å². The first kappa shape index (κ1) is 24.0. The number of benzene rings is 6. The lowest BCUT2D eigenvalue weighted by Crippen LogP contribution is -2.13. The Kier molecular flexibility index (Phi) is 5.12. The molecule has 43 heavy (non-hydrogen) atoms. The Bertz CT molecular complexity index is 2210. The van der Waals surface area contributed by atoms with Crippen molar-refractivity contribution in [3.8, 4) is 39.4 Å². The van der Waals surface area contributed by atoms with Crippen molar-refractivity contribution in [3.05, 3.63) is 162 Å². The molecule has 6 aromatic rings. The van der Waals surface area contributed by atoms with Crippen molar-refractivity contribution in [2.75, 3.05) is 4.90 Å². The van der Waals surface area contributed by atoms with Gasteiger partial charge in [0.25, 0.3) is 0 Å². The van der Waals surface area contributed by atoms with Crippen LogP contribution >= 0.6 is 0 Å². The highest BCUT2D eigenvalue weighted by Crippen LogP contribution is 2.58. The van der Waals surface area contributed by atoms with Crippen LogP contribution in [0.1, 0.15) is 28.5 Å². The maximum absolute atomic E-state index is 9.49. The number of rotatable bonds is 3. The Morgan fingerprint density at radius 1 is 0.512 bits per heavy atom. The van der Waals surface area contributed by atoms with Crippen LogP contribution in [-0.2, 0) is 0 Å². The standard InChI is InChI=1S/C41H26N2/c42-25-26-15-18-29(19-16-26)43(30-20-17-27-7-1-2-8-28(27)23-30)31-21-22-33-36-12-6-13-37-38-14-5-11-35(41(38)39(33)24-31)32-9-3-4-10-34(32)40(36)37/h1-24,32,34H. The average molecular weight is 547 g/mol. The second-order valence-corrected chi connectivity index (χ2v) is 11.6. The average Bonchev–Trinajstić information content (AvgIpc) is 3.18. The van der Waals surface area contributed by atoms with E-state index in [1.54, 1.807) is 0 Å². The van der Waals surface area contributed by atoms with Gasteiger partial charge in [0, 0.05) is 28.9 Å². The molecule has 6 bridgehead atoms. The molecule has 0 aromatic heterocycles. The molecule has 200 valence electrons. The zero-order chi connectivity index (χ0) is 28.5. The smallest absolute Gasteiger partial charge is 0.0991 e. The summed E-state index contributed by atoms with van der Waals surface area (Å²) in [5.41, 5.74) is 14.5. The fourth-order valence-electron chi connectivity index (χ4n) is 7.51. The monoisotopic (exact) mass is 546 g/mol. The number of anilines is 3. The zero-order valence-corrected chi connectivity index (χ0v) is 23.4. The van der Waals surface area contributed by atoms with Crippen LogP contribution in [0.25, 0.3) is 44.2 Å². The molecule has 3 aliphatic carbocycles. The maximum Gasteiger partial charge on any atom is 0.0991 e. The highest BCUT2D eigenvalue weighted by molar-refractivity contribution is 6.03. The van der Waals surface area contributed by atoms with E-state index in [2.05, 4.69) is 132 Å². The molecule has 0 saturated heterocycles. The maximum atomic E-state index is 9.49. The first-order valence-corrected chi connectivity index (χ1v) is 14.8. The third-order valence-electron chi connectivity index (χ3n) is 9.39. The number of hydrogen-bond donors (Lipinski definition) is 0. The van der Waals surface area contributed by atoms with E-state index in [0.717, 1.165) is 17.1 Å². The largest absolute Gasteiger partial charge is 0.310 e. The van der Waals surface area contributed by atoms with Crippen LogP contribution in [0.3, 0.4) is 0 Å². The van der Waals surface area contributed by atoms with Gasteiger partial charge in [-0.3, -0.25) is 0 Å². The van der Waals surface area contributed by atoms with Crippen molar-refractivity contribution in [2.24, 2.45) is 0 Å². The number of nitrogens with zero attached hydrogens (tertiary/aromatic N) is 2. The number of hydrogen-bond acceptors (Lipinski definition) is 2. The molecule has 2 heteroatoms. The van der Waals surface area contributed by atoms with Gasteiger partial charge in [-0.15, -0.1) is 0 Å². The van der Waals surface area contributed by atoms with Gasteiger partial charge in [0.05, 0.1) is 11.6 Å². The summed E-state index contributed by atoms with van der Waals surface area (Å²) >= 11 is 0. The molecule has 9 rings (SSSR count). The van der Waals surface area contributed by atoms with Gasteiger partial charge in [0.2, 0.25) is 0 Å². The summed E-state index contributed by atoms with van der Waals surface area (Å²) in [5.74, 6) is 0.615. The Morgan fingerprint density at radius 2 is 1.19 bits per heavy atom. The van der Waals surface area contributed by atoms with Crippen LogP contribution in [0.2, 0.25) is 0 Å². The minimum Gasteiger partial charge on any atom is -0.310 e. The van der Waals surface area contributed by atoms with Crippen LogP contribution in [0.5, 0.6) is 0 Å². The van der Waals surface area contributed by atoms with Crippen LogP contribution in [0.4, 0.5) is 17.1 Å². The summed E-state index contributed by atoms with van der Waals surface area (Å²) in [5, 5.41) is 11.9. The van der Waals surface area contributed by atoms with Crippen LogP contribution in [-0.4, -0.2) is 0 Å². The van der Waals surface area contributed by atoms with Gasteiger partial charge in [-0.2, -0.15) is 5.26 Å². The van der Waals surface area contributed by atoms with Crippen molar-refractivity contribution in [1.29, 1.82) is 5.26 Å². The van der Waals surface area contributed by atoms with Crippen molar-refractivity contribution < 1.29 is 0 Å². The van der Waals surface area contributed by atoms with E-state index in [4.69, 9.17) is 0 Å².